The fourth-order valence-corrected chi connectivity index (χ4v) is 2.24. The van der Waals surface area contributed by atoms with Crippen LogP contribution in [0.25, 0.3) is 11.1 Å². The third-order valence-electron chi connectivity index (χ3n) is 3.30. The number of pyridine rings is 1. The zero-order chi connectivity index (χ0) is 14.1. The van der Waals surface area contributed by atoms with E-state index in [1.54, 1.807) is 24.4 Å². The first-order valence-corrected chi connectivity index (χ1v) is 6.28. The van der Waals surface area contributed by atoms with E-state index in [0.717, 1.165) is 5.56 Å². The van der Waals surface area contributed by atoms with Crippen LogP contribution in [-0.2, 0) is 6.54 Å². The molecule has 1 aromatic carbocycles. The minimum Gasteiger partial charge on any atom is -0.454 e. The molecule has 0 aliphatic carbocycles. The topological polar surface area (TPSA) is 64.2 Å². The summed E-state index contributed by atoms with van der Waals surface area (Å²) in [5, 5.41) is 9.25. The van der Waals surface area contributed by atoms with Gasteiger partial charge in [-0.1, -0.05) is 6.07 Å². The average Bonchev–Trinajstić information content (AvgIpc) is 2.94. The van der Waals surface area contributed by atoms with Gasteiger partial charge in [0.2, 0.25) is 6.79 Å². The molecule has 0 saturated carbocycles. The highest BCUT2D eigenvalue weighted by molar-refractivity contribution is 5.72. The molecular weight excluding hydrogens is 256 g/mol. The van der Waals surface area contributed by atoms with Crippen LogP contribution in [0.2, 0.25) is 0 Å². The van der Waals surface area contributed by atoms with Gasteiger partial charge < -0.3 is 14.0 Å². The molecule has 0 fully saturated rings. The molecule has 0 bridgehead atoms. The van der Waals surface area contributed by atoms with E-state index in [9.17, 15) is 10.1 Å². The van der Waals surface area contributed by atoms with E-state index in [1.165, 1.54) is 4.57 Å². The van der Waals surface area contributed by atoms with Crippen molar-refractivity contribution in [1.29, 1.82) is 5.26 Å². The Morgan fingerprint density at radius 1 is 1.30 bits per heavy atom. The smallest absolute Gasteiger partial charge is 0.269 e. The lowest BCUT2D eigenvalue weighted by Crippen LogP contribution is -2.21. The van der Waals surface area contributed by atoms with Crippen molar-refractivity contribution in [2.75, 3.05) is 6.79 Å². The van der Waals surface area contributed by atoms with Gasteiger partial charge in [0.05, 0.1) is 0 Å². The molecule has 0 saturated heterocycles. The maximum atomic E-state index is 12.1. The molecule has 5 nitrogen and oxygen atoms in total. The van der Waals surface area contributed by atoms with E-state index in [-0.39, 0.29) is 17.9 Å². The summed E-state index contributed by atoms with van der Waals surface area (Å²) in [5.41, 5.74) is 1.25. The maximum absolute atomic E-state index is 12.1. The lowest BCUT2D eigenvalue weighted by molar-refractivity contribution is 0.174. The first-order valence-electron chi connectivity index (χ1n) is 6.28. The van der Waals surface area contributed by atoms with Gasteiger partial charge in [-0.2, -0.15) is 5.26 Å². The summed E-state index contributed by atoms with van der Waals surface area (Å²) in [7, 11) is 0. The number of benzene rings is 1. The highest BCUT2D eigenvalue weighted by Gasteiger charge is 2.16. The third kappa shape index (κ3) is 1.82. The van der Waals surface area contributed by atoms with Gasteiger partial charge in [0, 0.05) is 18.3 Å². The van der Waals surface area contributed by atoms with Gasteiger partial charge in [0.25, 0.3) is 5.56 Å². The zero-order valence-electron chi connectivity index (χ0n) is 10.9. The molecule has 0 amide bonds. The van der Waals surface area contributed by atoms with E-state index in [4.69, 9.17) is 9.47 Å². The van der Waals surface area contributed by atoms with Gasteiger partial charge in [-0.15, -0.1) is 0 Å². The molecule has 0 spiro atoms. The summed E-state index contributed by atoms with van der Waals surface area (Å²) in [6.07, 6.45) is 1.70. The van der Waals surface area contributed by atoms with Crippen LogP contribution in [0.15, 0.2) is 35.3 Å². The first-order chi connectivity index (χ1) is 9.74. The van der Waals surface area contributed by atoms with Crippen molar-refractivity contribution in [3.8, 4) is 28.7 Å². The van der Waals surface area contributed by atoms with Crippen molar-refractivity contribution in [3.63, 3.8) is 0 Å². The summed E-state index contributed by atoms with van der Waals surface area (Å²) >= 11 is 0. The monoisotopic (exact) mass is 268 g/mol. The van der Waals surface area contributed by atoms with Gasteiger partial charge in [-0.05, 0) is 30.7 Å². The van der Waals surface area contributed by atoms with Crippen LogP contribution in [0.3, 0.4) is 0 Å². The quantitative estimate of drug-likeness (QED) is 0.837. The Hall–Kier alpha value is -2.74. The van der Waals surface area contributed by atoms with Crippen LogP contribution in [0.4, 0.5) is 0 Å². The average molecular weight is 268 g/mol. The van der Waals surface area contributed by atoms with Crippen molar-refractivity contribution in [2.24, 2.45) is 0 Å². The Balaban J connectivity index is 2.18. The van der Waals surface area contributed by atoms with Gasteiger partial charge in [0.1, 0.15) is 11.6 Å². The molecule has 0 N–H and O–H groups in total. The van der Waals surface area contributed by atoms with Gasteiger partial charge in [-0.25, -0.2) is 0 Å². The fraction of sp³-hybridized carbons (Fsp3) is 0.200. The van der Waals surface area contributed by atoms with Gasteiger partial charge in [-0.3, -0.25) is 4.79 Å². The highest BCUT2D eigenvalue weighted by atomic mass is 16.7. The molecule has 1 aliphatic heterocycles. The second-order valence-corrected chi connectivity index (χ2v) is 4.38. The Labute approximate surface area is 115 Å². The second kappa shape index (κ2) is 4.74. The molecular formula is C15H12N2O3. The third-order valence-corrected chi connectivity index (χ3v) is 3.30. The van der Waals surface area contributed by atoms with Gasteiger partial charge >= 0.3 is 0 Å². The van der Waals surface area contributed by atoms with Crippen LogP contribution in [-0.4, -0.2) is 11.4 Å². The Kier molecular flexibility index (Phi) is 2.92. The molecule has 5 heteroatoms. The molecule has 20 heavy (non-hydrogen) atoms. The van der Waals surface area contributed by atoms with E-state index in [0.29, 0.717) is 23.6 Å². The van der Waals surface area contributed by atoms with E-state index < -0.39 is 0 Å². The molecule has 2 aromatic rings. The molecule has 100 valence electrons. The summed E-state index contributed by atoms with van der Waals surface area (Å²) in [5.74, 6) is 1.31. The minimum atomic E-state index is -0.273. The van der Waals surface area contributed by atoms with Crippen molar-refractivity contribution in [3.05, 3.63) is 46.4 Å². The summed E-state index contributed by atoms with van der Waals surface area (Å²) in [6, 6.07) is 9.16. The number of hydrogen-bond donors (Lipinski definition) is 0. The molecule has 0 unspecified atom stereocenters. The number of aromatic nitrogens is 1. The fourth-order valence-electron chi connectivity index (χ4n) is 2.24. The van der Waals surface area contributed by atoms with Gasteiger partial charge in [0.15, 0.2) is 11.5 Å². The minimum absolute atomic E-state index is 0.146. The SMILES string of the molecule is CCn1ccc(-c2ccc3c(c2)OCO3)c(C#N)c1=O. The highest BCUT2D eigenvalue weighted by Crippen LogP contribution is 2.36. The molecule has 3 rings (SSSR count). The van der Waals surface area contributed by atoms with E-state index in [1.807, 2.05) is 19.1 Å². The van der Waals surface area contributed by atoms with Crippen molar-refractivity contribution in [2.45, 2.75) is 13.5 Å². The number of fused-ring (bicyclic) bond motifs is 1. The van der Waals surface area contributed by atoms with Crippen LogP contribution < -0.4 is 15.0 Å². The summed E-state index contributed by atoms with van der Waals surface area (Å²) in [6.45, 7) is 2.60. The molecule has 1 aliphatic rings. The normalized spacial score (nSPS) is 12.2. The molecule has 0 atom stereocenters. The lowest BCUT2D eigenvalue weighted by Gasteiger charge is -2.08. The van der Waals surface area contributed by atoms with E-state index in [2.05, 4.69) is 0 Å². The number of hydrogen-bond acceptors (Lipinski definition) is 4. The summed E-state index contributed by atoms with van der Waals surface area (Å²) < 4.78 is 12.1. The number of nitriles is 1. The number of rotatable bonds is 2. The standard InChI is InChI=1S/C15H12N2O3/c1-2-17-6-5-11(12(8-16)15(17)18)10-3-4-13-14(7-10)20-9-19-13/h3-7H,2,9H2,1H3. The Morgan fingerprint density at radius 2 is 2.10 bits per heavy atom. The largest absolute Gasteiger partial charge is 0.454 e. The van der Waals surface area contributed by atoms with Crippen LogP contribution in [0.5, 0.6) is 11.5 Å². The maximum Gasteiger partial charge on any atom is 0.269 e. The van der Waals surface area contributed by atoms with Crippen LogP contribution >= 0.6 is 0 Å². The molecule has 2 heterocycles. The second-order valence-electron chi connectivity index (χ2n) is 4.38. The first kappa shape index (κ1) is 12.3. The number of nitrogens with zero attached hydrogens (tertiary/aromatic N) is 2. The zero-order valence-corrected chi connectivity index (χ0v) is 10.9. The van der Waals surface area contributed by atoms with Crippen LogP contribution in [0.1, 0.15) is 12.5 Å². The predicted octanol–water partition coefficient (Wildman–Crippen LogP) is 2.14. The molecule has 1 aromatic heterocycles. The van der Waals surface area contributed by atoms with Crippen molar-refractivity contribution in [1.82, 2.24) is 4.57 Å². The van der Waals surface area contributed by atoms with E-state index >= 15 is 0 Å². The Bertz CT molecular complexity index is 772. The lowest BCUT2D eigenvalue weighted by atomic mass is 10.0. The summed E-state index contributed by atoms with van der Waals surface area (Å²) in [4.78, 5) is 12.1. The Morgan fingerprint density at radius 3 is 2.85 bits per heavy atom. The number of aryl methyl sites for hydroxylation is 1. The number of ether oxygens (including phenoxy) is 2. The van der Waals surface area contributed by atoms with Crippen molar-refractivity contribution >= 4 is 0 Å². The van der Waals surface area contributed by atoms with Crippen LogP contribution in [0, 0.1) is 11.3 Å². The predicted molar refractivity (Wildman–Crippen MR) is 72.7 cm³/mol. The molecule has 0 radical (unpaired) electrons. The van der Waals surface area contributed by atoms with Crippen molar-refractivity contribution < 1.29 is 9.47 Å².